The summed E-state index contributed by atoms with van der Waals surface area (Å²) in [4.78, 5) is 38.2. The minimum absolute atomic E-state index is 0.00635. The molecule has 0 bridgehead atoms. The smallest absolute Gasteiger partial charge is 0.371 e. The van der Waals surface area contributed by atoms with E-state index < -0.39 is 16.2 Å². The third kappa shape index (κ3) is 7.24. The van der Waals surface area contributed by atoms with Crippen LogP contribution in [0, 0.1) is 12.3 Å². The van der Waals surface area contributed by atoms with Gasteiger partial charge in [0.25, 0.3) is 11.8 Å². The van der Waals surface area contributed by atoms with Crippen LogP contribution in [-0.4, -0.2) is 78.0 Å². The number of nitrogens with zero attached hydrogens (tertiary/aromatic N) is 5. The Kier molecular flexibility index (Phi) is 8.51. The summed E-state index contributed by atoms with van der Waals surface area (Å²) in [6.07, 6.45) is 5.27. The van der Waals surface area contributed by atoms with Gasteiger partial charge in [-0.15, -0.1) is 6.42 Å². The Hall–Kier alpha value is -4.68. The molecule has 3 heterocycles. The number of carbonyl (C=O) groups is 2. The van der Waals surface area contributed by atoms with Crippen molar-refractivity contribution < 1.29 is 22.2 Å². The van der Waals surface area contributed by atoms with Gasteiger partial charge >= 0.3 is 10.3 Å². The number of benzene rings is 1. The van der Waals surface area contributed by atoms with Gasteiger partial charge in [0.2, 0.25) is 5.95 Å². The highest BCUT2D eigenvalue weighted by Crippen LogP contribution is 2.22. The molecule has 1 aromatic carbocycles. The normalized spacial score (nSPS) is 13.6. The van der Waals surface area contributed by atoms with E-state index in [4.69, 9.17) is 11.6 Å². The van der Waals surface area contributed by atoms with Crippen LogP contribution in [0.3, 0.4) is 0 Å². The van der Waals surface area contributed by atoms with E-state index in [0.29, 0.717) is 49.3 Å². The van der Waals surface area contributed by atoms with Gasteiger partial charge in [-0.3, -0.25) is 14.7 Å². The lowest BCUT2D eigenvalue weighted by atomic mass is 10.1. The van der Waals surface area contributed by atoms with E-state index in [1.807, 2.05) is 24.8 Å². The SMILES string of the molecule is C#CCNC(=O)c1cc(Nc2cc(C(C)C)[nH]n2)nc(N2CCN(C(=O)c3ccc(OS(N)(=O)=O)cc3)CC2)n1. The van der Waals surface area contributed by atoms with E-state index in [0.717, 1.165) is 5.69 Å². The number of nitrogens with two attached hydrogens (primary N) is 1. The molecule has 1 saturated heterocycles. The Balaban J connectivity index is 1.48. The maximum atomic E-state index is 13.0. The van der Waals surface area contributed by atoms with Crippen molar-refractivity contribution in [1.82, 2.24) is 30.4 Å². The molecule has 15 heteroatoms. The number of aromatic nitrogens is 4. The zero-order valence-corrected chi connectivity index (χ0v) is 22.7. The van der Waals surface area contributed by atoms with Gasteiger partial charge in [0.05, 0.1) is 6.54 Å². The fourth-order valence-electron chi connectivity index (χ4n) is 3.89. The molecule has 1 aliphatic heterocycles. The first-order valence-corrected chi connectivity index (χ1v) is 13.8. The molecule has 5 N–H and O–H groups in total. The Morgan fingerprint density at radius 1 is 1.12 bits per heavy atom. The average Bonchev–Trinajstić information content (AvgIpc) is 3.39. The van der Waals surface area contributed by atoms with Crippen molar-refractivity contribution in [2.45, 2.75) is 19.8 Å². The molecule has 40 heavy (non-hydrogen) atoms. The number of piperazine rings is 1. The fraction of sp³-hybridized carbons (Fsp3) is 0.320. The average molecular weight is 568 g/mol. The standard InChI is InChI=1S/C25H29N9O5S/c1-4-9-27-23(35)20-15-21(29-22-14-19(16(2)3)31-32-22)30-25(28-20)34-12-10-33(11-13-34)24(36)17-5-7-18(8-6-17)39-40(26,37)38/h1,5-8,14-16H,9-13H2,2-3H3,(H,27,35)(H2,26,37,38)(H2,28,29,30,31,32). The first kappa shape index (κ1) is 28.3. The molecule has 0 spiro atoms. The number of hydrogen-bond donors (Lipinski definition) is 4. The molecular weight excluding hydrogens is 538 g/mol. The first-order chi connectivity index (χ1) is 19.0. The van der Waals surface area contributed by atoms with Crippen LogP contribution in [0.15, 0.2) is 36.4 Å². The predicted molar refractivity (Wildman–Crippen MR) is 147 cm³/mol. The summed E-state index contributed by atoms with van der Waals surface area (Å²) >= 11 is 0. The molecule has 2 amide bonds. The van der Waals surface area contributed by atoms with Crippen LogP contribution >= 0.6 is 0 Å². The number of amides is 2. The summed E-state index contributed by atoms with van der Waals surface area (Å²) < 4.78 is 26.8. The van der Waals surface area contributed by atoms with Crippen LogP contribution in [0.2, 0.25) is 0 Å². The summed E-state index contributed by atoms with van der Waals surface area (Å²) in [6, 6.07) is 9.03. The van der Waals surface area contributed by atoms with E-state index in [1.165, 1.54) is 30.3 Å². The summed E-state index contributed by atoms with van der Waals surface area (Å²) in [5, 5.41) is 17.8. The number of aromatic amines is 1. The van der Waals surface area contributed by atoms with Crippen molar-refractivity contribution in [3.63, 3.8) is 0 Å². The number of hydrogen-bond acceptors (Lipinski definition) is 10. The van der Waals surface area contributed by atoms with Crippen LogP contribution in [-0.2, 0) is 10.3 Å². The van der Waals surface area contributed by atoms with E-state index in [2.05, 4.69) is 40.9 Å². The first-order valence-electron chi connectivity index (χ1n) is 12.3. The number of H-pyrrole nitrogens is 1. The number of rotatable bonds is 9. The van der Waals surface area contributed by atoms with E-state index in [9.17, 15) is 18.0 Å². The molecule has 1 fully saturated rings. The summed E-state index contributed by atoms with van der Waals surface area (Å²) in [7, 11) is -4.16. The second kappa shape index (κ2) is 12.0. The lowest BCUT2D eigenvalue weighted by molar-refractivity contribution is 0.0746. The lowest BCUT2D eigenvalue weighted by Gasteiger charge is -2.35. The zero-order valence-electron chi connectivity index (χ0n) is 21.9. The zero-order chi connectivity index (χ0) is 28.9. The molecule has 1 aliphatic rings. The van der Waals surface area contributed by atoms with Gasteiger partial charge in [0, 0.05) is 49.6 Å². The fourth-order valence-corrected chi connectivity index (χ4v) is 4.26. The number of nitrogens with one attached hydrogen (secondary N) is 3. The third-order valence-electron chi connectivity index (χ3n) is 5.94. The maximum Gasteiger partial charge on any atom is 0.380 e. The van der Waals surface area contributed by atoms with Crippen molar-refractivity contribution in [2.24, 2.45) is 5.14 Å². The van der Waals surface area contributed by atoms with Gasteiger partial charge in [0.1, 0.15) is 17.3 Å². The van der Waals surface area contributed by atoms with Gasteiger partial charge in [-0.25, -0.2) is 4.98 Å². The molecule has 4 rings (SSSR count). The highest BCUT2D eigenvalue weighted by atomic mass is 32.2. The van der Waals surface area contributed by atoms with Gasteiger partial charge < -0.3 is 24.6 Å². The second-order valence-corrected chi connectivity index (χ2v) is 10.3. The highest BCUT2D eigenvalue weighted by Gasteiger charge is 2.25. The Bertz CT molecular complexity index is 1520. The Morgan fingerprint density at radius 2 is 1.82 bits per heavy atom. The van der Waals surface area contributed by atoms with E-state index in [-0.39, 0.29) is 29.8 Å². The lowest BCUT2D eigenvalue weighted by Crippen LogP contribution is -2.49. The minimum atomic E-state index is -4.16. The highest BCUT2D eigenvalue weighted by molar-refractivity contribution is 7.84. The molecule has 0 saturated carbocycles. The predicted octanol–water partition coefficient (Wildman–Crippen LogP) is 0.974. The van der Waals surface area contributed by atoms with Gasteiger partial charge in [-0.2, -0.15) is 23.6 Å². The molecule has 210 valence electrons. The number of anilines is 3. The monoisotopic (exact) mass is 567 g/mol. The van der Waals surface area contributed by atoms with Crippen LogP contribution in [0.4, 0.5) is 17.6 Å². The van der Waals surface area contributed by atoms with Crippen molar-refractivity contribution in [1.29, 1.82) is 0 Å². The molecule has 3 aromatic rings. The quantitative estimate of drug-likeness (QED) is 0.271. The molecule has 0 radical (unpaired) electrons. The van der Waals surface area contributed by atoms with Crippen LogP contribution in [0.25, 0.3) is 0 Å². The van der Waals surface area contributed by atoms with Crippen molar-refractivity contribution in [2.75, 3.05) is 42.9 Å². The van der Waals surface area contributed by atoms with Crippen LogP contribution in [0.1, 0.15) is 46.3 Å². The van der Waals surface area contributed by atoms with Crippen molar-refractivity contribution in [3.8, 4) is 18.1 Å². The molecule has 0 atom stereocenters. The summed E-state index contributed by atoms with van der Waals surface area (Å²) in [6.45, 7) is 5.68. The third-order valence-corrected chi connectivity index (χ3v) is 6.36. The van der Waals surface area contributed by atoms with Gasteiger partial charge in [0.15, 0.2) is 5.82 Å². The van der Waals surface area contributed by atoms with Crippen molar-refractivity contribution in [3.05, 3.63) is 53.3 Å². The Labute approximate surface area is 231 Å². The number of carbonyl (C=O) groups excluding carboxylic acids is 2. The van der Waals surface area contributed by atoms with E-state index >= 15 is 0 Å². The minimum Gasteiger partial charge on any atom is -0.371 e. The summed E-state index contributed by atoms with van der Waals surface area (Å²) in [5.41, 5.74) is 1.43. The largest absolute Gasteiger partial charge is 0.380 e. The molecule has 2 aromatic heterocycles. The van der Waals surface area contributed by atoms with Crippen molar-refractivity contribution >= 4 is 39.7 Å². The molecule has 14 nitrogen and oxygen atoms in total. The van der Waals surface area contributed by atoms with Gasteiger partial charge in [-0.05, 0) is 30.2 Å². The molecule has 0 unspecified atom stereocenters. The molecular formula is C25H29N9O5S. The maximum absolute atomic E-state index is 13.0. The molecule has 0 aliphatic carbocycles. The Morgan fingerprint density at radius 3 is 2.42 bits per heavy atom. The number of terminal acetylenes is 1. The second-order valence-electron chi connectivity index (χ2n) is 9.19. The topological polar surface area (TPSA) is 189 Å². The van der Waals surface area contributed by atoms with E-state index in [1.54, 1.807) is 4.90 Å². The van der Waals surface area contributed by atoms with Crippen LogP contribution < -0.4 is 24.9 Å². The summed E-state index contributed by atoms with van der Waals surface area (Å²) in [5.74, 6) is 3.17. The van der Waals surface area contributed by atoms with Crippen LogP contribution in [0.5, 0.6) is 5.75 Å². The van der Waals surface area contributed by atoms with Gasteiger partial charge in [-0.1, -0.05) is 19.8 Å².